The van der Waals surface area contributed by atoms with Crippen molar-refractivity contribution in [2.45, 2.75) is 25.4 Å². The van der Waals surface area contributed by atoms with Gasteiger partial charge in [0.05, 0.1) is 16.1 Å². The van der Waals surface area contributed by atoms with E-state index in [0.717, 1.165) is 24.3 Å². The van der Waals surface area contributed by atoms with Crippen molar-refractivity contribution in [2.75, 3.05) is 6.54 Å². The second-order valence-electron chi connectivity index (χ2n) is 6.16. The number of nitro benzene ring substituents is 1. The first kappa shape index (κ1) is 21.9. The molecule has 0 unspecified atom stereocenters. The predicted octanol–water partition coefficient (Wildman–Crippen LogP) is 3.60. The van der Waals surface area contributed by atoms with Gasteiger partial charge < -0.3 is 10.4 Å². The molecule has 7 nitrogen and oxygen atoms in total. The number of rotatable bonds is 8. The van der Waals surface area contributed by atoms with E-state index in [1.54, 1.807) is 0 Å². The van der Waals surface area contributed by atoms with Crippen molar-refractivity contribution in [3.8, 4) is 0 Å². The number of nitrogens with zero attached hydrogens (tertiary/aromatic N) is 1. The van der Waals surface area contributed by atoms with Crippen LogP contribution in [-0.4, -0.2) is 28.5 Å². The van der Waals surface area contributed by atoms with Crippen LogP contribution in [0.3, 0.4) is 0 Å². The summed E-state index contributed by atoms with van der Waals surface area (Å²) in [6, 6.07) is 8.32. The summed E-state index contributed by atoms with van der Waals surface area (Å²) in [5.74, 6) is -1.76. The van der Waals surface area contributed by atoms with Crippen LogP contribution in [0.15, 0.2) is 42.5 Å². The van der Waals surface area contributed by atoms with Crippen molar-refractivity contribution < 1.29 is 32.8 Å². The molecule has 2 rings (SSSR count). The monoisotopic (exact) mass is 410 g/mol. The topological polar surface area (TPSA) is 110 Å². The minimum atomic E-state index is -4.51. The Hall–Kier alpha value is -3.43. The third-order valence-electron chi connectivity index (χ3n) is 4.18. The van der Waals surface area contributed by atoms with E-state index in [4.69, 9.17) is 5.11 Å². The summed E-state index contributed by atoms with van der Waals surface area (Å²) in [6.45, 7) is -0.0241. The summed E-state index contributed by atoms with van der Waals surface area (Å²) in [6.07, 6.45) is -4.82. The highest BCUT2D eigenvalue weighted by atomic mass is 19.4. The third kappa shape index (κ3) is 6.03. The molecule has 10 heteroatoms. The van der Waals surface area contributed by atoms with Crippen LogP contribution in [0.1, 0.15) is 33.5 Å². The summed E-state index contributed by atoms with van der Waals surface area (Å²) in [5, 5.41) is 22.5. The van der Waals surface area contributed by atoms with E-state index < -0.39 is 28.5 Å². The fraction of sp³-hybridized carbons (Fsp3) is 0.263. The molecule has 0 bridgehead atoms. The second kappa shape index (κ2) is 9.18. The Balaban J connectivity index is 1.95. The Bertz CT molecular complexity index is 928. The van der Waals surface area contributed by atoms with Crippen molar-refractivity contribution in [3.05, 3.63) is 74.8 Å². The lowest BCUT2D eigenvalue weighted by molar-refractivity contribution is -0.385. The van der Waals surface area contributed by atoms with Crippen LogP contribution in [0.4, 0.5) is 18.9 Å². The van der Waals surface area contributed by atoms with E-state index in [1.165, 1.54) is 18.2 Å². The molecule has 0 radical (unpaired) electrons. The normalized spacial score (nSPS) is 11.1. The highest BCUT2D eigenvalue weighted by molar-refractivity contribution is 5.88. The van der Waals surface area contributed by atoms with E-state index in [-0.39, 0.29) is 48.2 Å². The van der Waals surface area contributed by atoms with Crippen LogP contribution < -0.4 is 5.32 Å². The Labute approximate surface area is 163 Å². The van der Waals surface area contributed by atoms with Crippen LogP contribution in [0.5, 0.6) is 0 Å². The fourth-order valence-electron chi connectivity index (χ4n) is 2.78. The lowest BCUT2D eigenvalue weighted by Gasteiger charge is -2.12. The first-order valence-corrected chi connectivity index (χ1v) is 8.52. The third-order valence-corrected chi connectivity index (χ3v) is 4.18. The van der Waals surface area contributed by atoms with Crippen LogP contribution in [0, 0.1) is 10.1 Å². The van der Waals surface area contributed by atoms with Gasteiger partial charge in [-0.05, 0) is 36.6 Å². The summed E-state index contributed by atoms with van der Waals surface area (Å²) in [4.78, 5) is 33.4. The number of carbonyl (C=O) groups is 2. The number of halogens is 3. The van der Waals surface area contributed by atoms with E-state index in [9.17, 15) is 32.9 Å². The Morgan fingerprint density at radius 3 is 2.38 bits per heavy atom. The molecular formula is C19H17F3N2O5. The summed E-state index contributed by atoms with van der Waals surface area (Å²) >= 11 is 0. The lowest BCUT2D eigenvalue weighted by Crippen LogP contribution is -2.26. The second-order valence-corrected chi connectivity index (χ2v) is 6.16. The maximum atomic E-state index is 13.0. The number of nitrogens with one attached hydrogen (secondary N) is 1. The predicted molar refractivity (Wildman–Crippen MR) is 96.5 cm³/mol. The maximum Gasteiger partial charge on any atom is 0.416 e. The van der Waals surface area contributed by atoms with E-state index in [1.807, 2.05) is 0 Å². The molecule has 0 heterocycles. The molecular weight excluding hydrogens is 393 g/mol. The van der Waals surface area contributed by atoms with E-state index >= 15 is 0 Å². The molecule has 1 amide bonds. The zero-order chi connectivity index (χ0) is 21.6. The molecule has 0 aliphatic carbocycles. The number of carbonyl (C=O) groups excluding carboxylic acids is 1. The molecule has 2 aromatic carbocycles. The Morgan fingerprint density at radius 1 is 1.07 bits per heavy atom. The molecule has 0 saturated heterocycles. The number of nitro groups is 1. The Morgan fingerprint density at radius 2 is 1.76 bits per heavy atom. The van der Waals surface area contributed by atoms with Gasteiger partial charge in [-0.2, -0.15) is 13.2 Å². The number of aromatic carboxylic acids is 1. The molecule has 0 aromatic heterocycles. The molecule has 2 N–H and O–H groups in total. The van der Waals surface area contributed by atoms with Gasteiger partial charge in [-0.1, -0.05) is 18.2 Å². The largest absolute Gasteiger partial charge is 0.478 e. The van der Waals surface area contributed by atoms with Crippen molar-refractivity contribution >= 4 is 17.6 Å². The van der Waals surface area contributed by atoms with Crippen molar-refractivity contribution in [1.29, 1.82) is 0 Å². The summed E-state index contributed by atoms with van der Waals surface area (Å²) in [5.41, 5.74) is -1.06. The molecule has 0 saturated carbocycles. The van der Waals surface area contributed by atoms with Crippen LogP contribution >= 0.6 is 0 Å². The smallest absolute Gasteiger partial charge is 0.416 e. The van der Waals surface area contributed by atoms with Crippen molar-refractivity contribution in [2.24, 2.45) is 0 Å². The van der Waals surface area contributed by atoms with Crippen LogP contribution in [-0.2, 0) is 23.8 Å². The zero-order valence-corrected chi connectivity index (χ0v) is 15.0. The van der Waals surface area contributed by atoms with Crippen LogP contribution in [0.25, 0.3) is 0 Å². The number of amides is 1. The van der Waals surface area contributed by atoms with Gasteiger partial charge in [-0.25, -0.2) is 4.79 Å². The van der Waals surface area contributed by atoms with Gasteiger partial charge in [0.25, 0.3) is 5.69 Å². The first-order chi connectivity index (χ1) is 13.6. The molecule has 29 heavy (non-hydrogen) atoms. The molecule has 154 valence electrons. The van der Waals surface area contributed by atoms with Gasteiger partial charge in [-0.15, -0.1) is 0 Å². The zero-order valence-electron chi connectivity index (χ0n) is 15.0. The molecule has 0 aliphatic rings. The number of aryl methyl sites for hydroxylation is 1. The number of carboxylic acid groups (broad SMARTS) is 1. The van der Waals surface area contributed by atoms with Gasteiger partial charge in [0, 0.05) is 24.6 Å². The van der Waals surface area contributed by atoms with E-state index in [0.29, 0.717) is 0 Å². The molecule has 2 aromatic rings. The van der Waals surface area contributed by atoms with Gasteiger partial charge in [0.2, 0.25) is 5.91 Å². The van der Waals surface area contributed by atoms with Gasteiger partial charge in [0.1, 0.15) is 0 Å². The standard InChI is InChI=1S/C19H17F3N2O5/c20-19(21,22)15-4-2-1-3-12(15)6-8-17(25)23-10-9-13-11-14(18(26)27)5-7-16(13)24(28)29/h1-5,7,11H,6,8-10H2,(H,23,25)(H,26,27). The quantitative estimate of drug-likeness (QED) is 0.510. The molecule has 0 spiro atoms. The first-order valence-electron chi connectivity index (χ1n) is 8.52. The lowest BCUT2D eigenvalue weighted by atomic mass is 10.0. The minimum Gasteiger partial charge on any atom is -0.478 e. The number of carboxylic acids is 1. The fourth-order valence-corrected chi connectivity index (χ4v) is 2.78. The van der Waals surface area contributed by atoms with Crippen LogP contribution in [0.2, 0.25) is 0 Å². The molecule has 0 aliphatic heterocycles. The summed E-state index contributed by atoms with van der Waals surface area (Å²) < 4.78 is 38.9. The van der Waals surface area contributed by atoms with Gasteiger partial charge in [-0.3, -0.25) is 14.9 Å². The summed E-state index contributed by atoms with van der Waals surface area (Å²) in [7, 11) is 0. The maximum absolute atomic E-state index is 13.0. The highest BCUT2D eigenvalue weighted by Crippen LogP contribution is 2.32. The number of hydrogen-bond donors (Lipinski definition) is 2. The average molecular weight is 410 g/mol. The average Bonchev–Trinajstić information content (AvgIpc) is 2.65. The van der Waals surface area contributed by atoms with E-state index in [2.05, 4.69) is 5.32 Å². The number of hydrogen-bond acceptors (Lipinski definition) is 4. The number of alkyl halides is 3. The SMILES string of the molecule is O=C(CCc1ccccc1C(F)(F)F)NCCc1cc(C(=O)O)ccc1[N+](=O)[O-]. The number of benzene rings is 2. The van der Waals surface area contributed by atoms with Gasteiger partial charge >= 0.3 is 12.1 Å². The van der Waals surface area contributed by atoms with Gasteiger partial charge in [0.15, 0.2) is 0 Å². The molecule has 0 atom stereocenters. The Kier molecular flexibility index (Phi) is 6.92. The van der Waals surface area contributed by atoms with Crippen molar-refractivity contribution in [3.63, 3.8) is 0 Å². The molecule has 0 fully saturated rings. The minimum absolute atomic E-state index is 0.0000489. The van der Waals surface area contributed by atoms with Crippen molar-refractivity contribution in [1.82, 2.24) is 5.32 Å². The highest BCUT2D eigenvalue weighted by Gasteiger charge is 2.32.